The molecule has 0 aliphatic rings. The van der Waals surface area contributed by atoms with Crippen molar-refractivity contribution in [2.75, 3.05) is 41.3 Å². The molecule has 0 rings (SSSR count). The lowest BCUT2D eigenvalue weighted by atomic mass is 10.3. The zero-order valence-corrected chi connectivity index (χ0v) is 11.1. The summed E-state index contributed by atoms with van der Waals surface area (Å²) in [5.41, 5.74) is 0. The number of likely N-dealkylation sites (N-methyl/N-ethyl adjacent to an activating group) is 2. The van der Waals surface area contributed by atoms with E-state index in [0.29, 0.717) is 13.1 Å². The second kappa shape index (κ2) is 9.18. The van der Waals surface area contributed by atoms with E-state index in [1.807, 2.05) is 38.0 Å². The van der Waals surface area contributed by atoms with E-state index in [4.69, 9.17) is 4.74 Å². The Morgan fingerprint density at radius 3 is 1.53 bits per heavy atom. The highest BCUT2D eigenvalue weighted by molar-refractivity contribution is 4.89. The van der Waals surface area contributed by atoms with E-state index >= 15 is 0 Å². The van der Waals surface area contributed by atoms with Crippen LogP contribution in [-0.4, -0.2) is 73.5 Å². The van der Waals surface area contributed by atoms with Crippen molar-refractivity contribution >= 4 is 0 Å². The minimum atomic E-state index is -0.551. The molecular weight excluding hydrogens is 220 g/mol. The predicted octanol–water partition coefficient (Wildman–Crippen LogP) is -0.125. The molecule has 5 heteroatoms. The van der Waals surface area contributed by atoms with Crippen LogP contribution in [0.2, 0.25) is 0 Å². The molecule has 0 fully saturated rings. The minimum absolute atomic E-state index is 0.548. The number of hydrogen-bond donors (Lipinski definition) is 2. The van der Waals surface area contributed by atoms with Gasteiger partial charge in [0.05, 0.1) is 24.7 Å². The van der Waals surface area contributed by atoms with Crippen molar-refractivity contribution in [1.82, 2.24) is 9.80 Å². The molecule has 0 aromatic carbocycles. The van der Waals surface area contributed by atoms with Gasteiger partial charge in [0.15, 0.2) is 0 Å². The molecule has 0 aliphatic heterocycles. The Bertz CT molecular complexity index is 216. The van der Waals surface area contributed by atoms with Gasteiger partial charge in [-0.15, -0.1) is 0 Å². The van der Waals surface area contributed by atoms with Crippen molar-refractivity contribution in [2.45, 2.75) is 12.2 Å². The van der Waals surface area contributed by atoms with E-state index in [2.05, 4.69) is 0 Å². The van der Waals surface area contributed by atoms with E-state index in [9.17, 15) is 10.2 Å². The first-order valence-electron chi connectivity index (χ1n) is 5.56. The summed E-state index contributed by atoms with van der Waals surface area (Å²) in [6, 6.07) is 0. The van der Waals surface area contributed by atoms with Crippen molar-refractivity contribution in [3.8, 4) is 0 Å². The maximum absolute atomic E-state index is 9.46. The van der Waals surface area contributed by atoms with Gasteiger partial charge in [-0.25, -0.2) is 0 Å². The van der Waals surface area contributed by atoms with Crippen LogP contribution in [0.4, 0.5) is 0 Å². The van der Waals surface area contributed by atoms with Gasteiger partial charge in [0.1, 0.15) is 0 Å². The summed E-state index contributed by atoms with van der Waals surface area (Å²) < 4.78 is 5.02. The van der Waals surface area contributed by atoms with E-state index < -0.39 is 12.2 Å². The molecule has 100 valence electrons. The molecule has 0 aromatic heterocycles. The van der Waals surface area contributed by atoms with Gasteiger partial charge in [-0.1, -0.05) is 0 Å². The average molecular weight is 244 g/mol. The molecule has 0 radical (unpaired) electrons. The van der Waals surface area contributed by atoms with Crippen LogP contribution in [-0.2, 0) is 4.74 Å². The Morgan fingerprint density at radius 2 is 1.24 bits per heavy atom. The van der Waals surface area contributed by atoms with Crippen LogP contribution in [0.3, 0.4) is 0 Å². The first kappa shape index (κ1) is 16.1. The topological polar surface area (TPSA) is 56.2 Å². The van der Waals surface area contributed by atoms with Gasteiger partial charge < -0.3 is 24.7 Å². The van der Waals surface area contributed by atoms with Crippen molar-refractivity contribution in [1.29, 1.82) is 0 Å². The summed E-state index contributed by atoms with van der Waals surface area (Å²) in [4.78, 5) is 3.76. The van der Waals surface area contributed by atoms with E-state index in [1.54, 1.807) is 12.2 Å². The van der Waals surface area contributed by atoms with E-state index in [-0.39, 0.29) is 0 Å². The first-order chi connectivity index (χ1) is 7.91. The smallest absolute Gasteiger partial charge is 0.0887 e. The van der Waals surface area contributed by atoms with Crippen LogP contribution >= 0.6 is 0 Å². The number of rotatable bonds is 8. The summed E-state index contributed by atoms with van der Waals surface area (Å²) >= 11 is 0. The van der Waals surface area contributed by atoms with Crippen molar-refractivity contribution in [3.63, 3.8) is 0 Å². The minimum Gasteiger partial charge on any atom is -0.473 e. The lowest BCUT2D eigenvalue weighted by molar-refractivity contribution is 0.172. The molecule has 2 atom stereocenters. The average Bonchev–Trinajstić information content (AvgIpc) is 2.14. The maximum Gasteiger partial charge on any atom is 0.0887 e. The maximum atomic E-state index is 9.46. The molecule has 0 aromatic rings. The highest BCUT2D eigenvalue weighted by Gasteiger charge is 2.00. The fourth-order valence-electron chi connectivity index (χ4n) is 1.19. The van der Waals surface area contributed by atoms with Gasteiger partial charge in [0, 0.05) is 13.1 Å². The first-order valence-corrected chi connectivity index (χ1v) is 5.56. The van der Waals surface area contributed by atoms with E-state index in [0.717, 1.165) is 0 Å². The van der Waals surface area contributed by atoms with E-state index in [1.165, 1.54) is 12.5 Å². The van der Waals surface area contributed by atoms with Crippen LogP contribution in [0.1, 0.15) is 0 Å². The number of ether oxygens (including phenoxy) is 1. The highest BCUT2D eigenvalue weighted by Crippen LogP contribution is 1.92. The van der Waals surface area contributed by atoms with Gasteiger partial charge in [-0.2, -0.15) is 0 Å². The standard InChI is InChI=1S/C12H24N2O3/c1-13(2)9-11(15)5-7-17-8-6-12(16)10-14(3)4/h5-8,11-12,15-16H,9-10H2,1-4H3. The number of aliphatic hydroxyl groups is 2. The van der Waals surface area contributed by atoms with Gasteiger partial charge in [-0.3, -0.25) is 0 Å². The molecular formula is C12H24N2O3. The Hall–Kier alpha value is -0.880. The fraction of sp³-hybridized carbons (Fsp3) is 0.667. The molecule has 17 heavy (non-hydrogen) atoms. The summed E-state index contributed by atoms with van der Waals surface area (Å²) in [5.74, 6) is 0. The van der Waals surface area contributed by atoms with Crippen molar-refractivity contribution < 1.29 is 14.9 Å². The van der Waals surface area contributed by atoms with Gasteiger partial charge in [-0.05, 0) is 40.3 Å². The third kappa shape index (κ3) is 11.4. The van der Waals surface area contributed by atoms with Crippen molar-refractivity contribution in [3.05, 3.63) is 24.7 Å². The predicted molar refractivity (Wildman–Crippen MR) is 68.5 cm³/mol. The van der Waals surface area contributed by atoms with Crippen LogP contribution < -0.4 is 0 Å². The molecule has 0 bridgehead atoms. The third-order valence-corrected chi connectivity index (χ3v) is 1.86. The SMILES string of the molecule is CN(C)CC(O)C=COC=CC(O)CN(C)C. The Morgan fingerprint density at radius 1 is 0.882 bits per heavy atom. The molecule has 0 aliphatic carbocycles. The van der Waals surface area contributed by atoms with Gasteiger partial charge in [0.25, 0.3) is 0 Å². The molecule has 0 spiro atoms. The Balaban J connectivity index is 3.74. The fourth-order valence-corrected chi connectivity index (χ4v) is 1.19. The zero-order chi connectivity index (χ0) is 13.3. The van der Waals surface area contributed by atoms with Gasteiger partial charge >= 0.3 is 0 Å². The molecule has 0 amide bonds. The summed E-state index contributed by atoms with van der Waals surface area (Å²) in [6.45, 7) is 1.10. The zero-order valence-electron chi connectivity index (χ0n) is 11.1. The molecule has 2 unspecified atom stereocenters. The quantitative estimate of drug-likeness (QED) is 0.583. The second-order valence-corrected chi connectivity index (χ2v) is 4.45. The summed E-state index contributed by atoms with van der Waals surface area (Å²) in [7, 11) is 7.54. The van der Waals surface area contributed by atoms with Crippen molar-refractivity contribution in [2.24, 2.45) is 0 Å². The normalized spacial score (nSPS) is 16.2. The number of hydrogen-bond acceptors (Lipinski definition) is 5. The number of aliphatic hydroxyl groups excluding tert-OH is 2. The molecule has 5 nitrogen and oxygen atoms in total. The summed E-state index contributed by atoms with van der Waals surface area (Å²) in [6.07, 6.45) is 4.83. The largest absolute Gasteiger partial charge is 0.473 e. The molecule has 0 saturated carbocycles. The lowest BCUT2D eigenvalue weighted by Crippen LogP contribution is -2.24. The Kier molecular flexibility index (Phi) is 8.71. The lowest BCUT2D eigenvalue weighted by Gasteiger charge is -2.12. The Labute approximate surface area is 104 Å². The second-order valence-electron chi connectivity index (χ2n) is 4.45. The highest BCUT2D eigenvalue weighted by atomic mass is 16.5. The monoisotopic (exact) mass is 244 g/mol. The molecule has 0 saturated heterocycles. The van der Waals surface area contributed by atoms with Crippen LogP contribution in [0.15, 0.2) is 24.7 Å². The third-order valence-electron chi connectivity index (χ3n) is 1.86. The molecule has 2 N–H and O–H groups in total. The number of nitrogens with zero attached hydrogens (tertiary/aromatic N) is 2. The van der Waals surface area contributed by atoms with Gasteiger partial charge in [0.2, 0.25) is 0 Å². The van der Waals surface area contributed by atoms with Crippen LogP contribution in [0.5, 0.6) is 0 Å². The van der Waals surface area contributed by atoms with Crippen LogP contribution in [0, 0.1) is 0 Å². The van der Waals surface area contributed by atoms with Crippen LogP contribution in [0.25, 0.3) is 0 Å². The summed E-state index contributed by atoms with van der Waals surface area (Å²) in [5, 5.41) is 18.9. The molecule has 0 heterocycles.